The van der Waals surface area contributed by atoms with Gasteiger partial charge in [0, 0.05) is 18.6 Å². The van der Waals surface area contributed by atoms with Crippen LogP contribution in [0.1, 0.15) is 45.4 Å². The van der Waals surface area contributed by atoms with E-state index in [1.807, 2.05) is 0 Å². The third-order valence-electron chi connectivity index (χ3n) is 4.58. The first kappa shape index (κ1) is 14.8. The number of likely N-dealkylation sites (N-methyl/N-ethyl adjacent to an activating group) is 1. The Balaban J connectivity index is 1.82. The van der Waals surface area contributed by atoms with E-state index in [9.17, 15) is 4.79 Å². The molecular weight excluding hydrogens is 240 g/mol. The number of rotatable bonds is 6. The molecule has 0 saturated heterocycles. The van der Waals surface area contributed by atoms with Gasteiger partial charge in [-0.1, -0.05) is 6.92 Å². The van der Waals surface area contributed by atoms with E-state index >= 15 is 0 Å². The van der Waals surface area contributed by atoms with Crippen molar-refractivity contribution in [2.45, 2.75) is 63.6 Å². The molecule has 1 unspecified atom stereocenters. The van der Waals surface area contributed by atoms with Gasteiger partial charge >= 0.3 is 5.97 Å². The average molecular weight is 268 g/mol. The summed E-state index contributed by atoms with van der Waals surface area (Å²) in [5.74, 6) is 0.744. The summed E-state index contributed by atoms with van der Waals surface area (Å²) in [4.78, 5) is 14.2. The summed E-state index contributed by atoms with van der Waals surface area (Å²) in [6.07, 6.45) is 7.53. The molecule has 0 aromatic rings. The third kappa shape index (κ3) is 4.46. The van der Waals surface area contributed by atoms with Gasteiger partial charge in [-0.05, 0) is 51.5 Å². The van der Waals surface area contributed by atoms with Crippen molar-refractivity contribution >= 4 is 5.97 Å². The van der Waals surface area contributed by atoms with Crippen LogP contribution in [0.4, 0.5) is 0 Å². The Morgan fingerprint density at radius 1 is 1.26 bits per heavy atom. The molecule has 2 aliphatic carbocycles. The summed E-state index contributed by atoms with van der Waals surface area (Å²) in [5, 5.41) is 3.40. The van der Waals surface area contributed by atoms with E-state index in [-0.39, 0.29) is 12.0 Å². The molecule has 1 atom stereocenters. The van der Waals surface area contributed by atoms with Crippen molar-refractivity contribution in [3.63, 3.8) is 0 Å². The molecule has 4 nitrogen and oxygen atoms in total. The number of hydrogen-bond donors (Lipinski definition) is 1. The van der Waals surface area contributed by atoms with Crippen LogP contribution in [0.5, 0.6) is 0 Å². The smallest absolute Gasteiger partial charge is 0.324 e. The van der Waals surface area contributed by atoms with Crippen molar-refractivity contribution in [2.24, 2.45) is 5.92 Å². The molecule has 2 saturated carbocycles. The van der Waals surface area contributed by atoms with E-state index in [0.29, 0.717) is 12.1 Å². The van der Waals surface area contributed by atoms with Crippen LogP contribution in [0.2, 0.25) is 0 Å². The van der Waals surface area contributed by atoms with Gasteiger partial charge in [-0.15, -0.1) is 0 Å². The van der Waals surface area contributed by atoms with Gasteiger partial charge < -0.3 is 15.0 Å². The van der Waals surface area contributed by atoms with Gasteiger partial charge in [0.25, 0.3) is 0 Å². The standard InChI is InChI=1S/C15H28N2O2/c1-11-4-8-13(9-5-11)17(2)10-14(15(18)19-3)16-12-6-7-12/h11-14,16H,4-10H2,1-3H3. The number of nitrogens with zero attached hydrogens (tertiary/aromatic N) is 1. The lowest BCUT2D eigenvalue weighted by molar-refractivity contribution is -0.143. The van der Waals surface area contributed by atoms with Gasteiger partial charge in [0.05, 0.1) is 7.11 Å². The van der Waals surface area contributed by atoms with Gasteiger partial charge in [-0.3, -0.25) is 4.79 Å². The largest absolute Gasteiger partial charge is 0.468 e. The molecule has 0 heterocycles. The molecule has 4 heteroatoms. The molecule has 0 spiro atoms. The number of carbonyl (C=O) groups excluding carboxylic acids is 1. The number of hydrogen-bond acceptors (Lipinski definition) is 4. The van der Waals surface area contributed by atoms with E-state index in [1.54, 1.807) is 0 Å². The van der Waals surface area contributed by atoms with Gasteiger partial charge in [-0.25, -0.2) is 0 Å². The third-order valence-corrected chi connectivity index (χ3v) is 4.58. The molecule has 110 valence electrons. The fraction of sp³-hybridized carbons (Fsp3) is 0.933. The average Bonchev–Trinajstić information content (AvgIpc) is 3.21. The van der Waals surface area contributed by atoms with Crippen LogP contribution in [-0.2, 0) is 9.53 Å². The molecule has 0 amide bonds. The van der Waals surface area contributed by atoms with Crippen molar-refractivity contribution in [1.29, 1.82) is 0 Å². The number of esters is 1. The maximum absolute atomic E-state index is 11.8. The SMILES string of the molecule is COC(=O)C(CN(C)C1CCC(C)CC1)NC1CC1. The highest BCUT2D eigenvalue weighted by Gasteiger charge is 2.31. The van der Waals surface area contributed by atoms with Crippen LogP contribution in [0.25, 0.3) is 0 Å². The lowest BCUT2D eigenvalue weighted by Gasteiger charge is -2.35. The zero-order valence-electron chi connectivity index (χ0n) is 12.5. The Labute approximate surface area is 116 Å². The molecule has 1 N–H and O–H groups in total. The van der Waals surface area contributed by atoms with Crippen molar-refractivity contribution < 1.29 is 9.53 Å². The van der Waals surface area contributed by atoms with Gasteiger partial charge in [-0.2, -0.15) is 0 Å². The summed E-state index contributed by atoms with van der Waals surface area (Å²) in [6, 6.07) is 0.995. The molecule has 0 bridgehead atoms. The highest BCUT2D eigenvalue weighted by atomic mass is 16.5. The van der Waals surface area contributed by atoms with Gasteiger partial charge in [0.15, 0.2) is 0 Å². The molecule has 0 aromatic heterocycles. The molecular formula is C15H28N2O2. The summed E-state index contributed by atoms with van der Waals surface area (Å²) < 4.78 is 4.92. The van der Waals surface area contributed by atoms with Crippen LogP contribution in [0.3, 0.4) is 0 Å². The van der Waals surface area contributed by atoms with E-state index < -0.39 is 0 Å². The fourth-order valence-electron chi connectivity index (χ4n) is 2.99. The maximum Gasteiger partial charge on any atom is 0.324 e. The topological polar surface area (TPSA) is 41.6 Å². The van der Waals surface area contributed by atoms with E-state index in [4.69, 9.17) is 4.74 Å². The number of nitrogens with one attached hydrogen (secondary N) is 1. The van der Waals surface area contributed by atoms with Crippen molar-refractivity contribution in [3.05, 3.63) is 0 Å². The van der Waals surface area contributed by atoms with E-state index in [0.717, 1.165) is 12.5 Å². The van der Waals surface area contributed by atoms with Crippen LogP contribution in [0.15, 0.2) is 0 Å². The summed E-state index contributed by atoms with van der Waals surface area (Å²) >= 11 is 0. The molecule has 0 aromatic carbocycles. The number of methoxy groups -OCH3 is 1. The zero-order chi connectivity index (χ0) is 13.8. The molecule has 0 aliphatic heterocycles. The quantitative estimate of drug-likeness (QED) is 0.746. The van der Waals surface area contributed by atoms with Crippen LogP contribution in [-0.4, -0.2) is 49.7 Å². The Bertz CT molecular complexity index is 297. The van der Waals surface area contributed by atoms with Crippen LogP contribution in [0, 0.1) is 5.92 Å². The molecule has 2 aliphatic rings. The Morgan fingerprint density at radius 2 is 1.89 bits per heavy atom. The first-order chi connectivity index (χ1) is 9.10. The summed E-state index contributed by atoms with van der Waals surface area (Å²) in [6.45, 7) is 3.10. The Hall–Kier alpha value is -0.610. The maximum atomic E-state index is 11.8. The second-order valence-electron chi connectivity index (χ2n) is 6.37. The van der Waals surface area contributed by atoms with Gasteiger partial charge in [0.2, 0.25) is 0 Å². The van der Waals surface area contributed by atoms with Crippen LogP contribution >= 0.6 is 0 Å². The monoisotopic (exact) mass is 268 g/mol. The van der Waals surface area contributed by atoms with Crippen molar-refractivity contribution in [1.82, 2.24) is 10.2 Å². The van der Waals surface area contributed by atoms with Gasteiger partial charge in [0.1, 0.15) is 6.04 Å². The lowest BCUT2D eigenvalue weighted by atomic mass is 9.86. The Kier molecular flexibility index (Phi) is 5.22. The van der Waals surface area contributed by atoms with Crippen LogP contribution < -0.4 is 5.32 Å². The lowest BCUT2D eigenvalue weighted by Crippen LogP contribution is -2.49. The predicted octanol–water partition coefficient (Wildman–Crippen LogP) is 1.79. The van der Waals surface area contributed by atoms with E-state index in [1.165, 1.54) is 45.6 Å². The fourth-order valence-corrected chi connectivity index (χ4v) is 2.99. The Morgan fingerprint density at radius 3 is 2.42 bits per heavy atom. The second kappa shape index (κ2) is 6.71. The molecule has 2 rings (SSSR count). The highest BCUT2D eigenvalue weighted by molar-refractivity contribution is 5.76. The minimum atomic E-state index is -0.165. The molecule has 19 heavy (non-hydrogen) atoms. The minimum Gasteiger partial charge on any atom is -0.468 e. The first-order valence-corrected chi connectivity index (χ1v) is 7.64. The van der Waals surface area contributed by atoms with Crippen molar-refractivity contribution in [3.8, 4) is 0 Å². The first-order valence-electron chi connectivity index (χ1n) is 7.64. The number of carbonyl (C=O) groups is 1. The highest BCUT2D eigenvalue weighted by Crippen LogP contribution is 2.27. The second-order valence-corrected chi connectivity index (χ2v) is 6.37. The summed E-state index contributed by atoms with van der Waals surface area (Å²) in [5.41, 5.74) is 0. The predicted molar refractivity (Wildman–Crippen MR) is 76.0 cm³/mol. The molecule has 2 fully saturated rings. The zero-order valence-corrected chi connectivity index (χ0v) is 12.5. The van der Waals surface area contributed by atoms with Crippen molar-refractivity contribution in [2.75, 3.05) is 20.7 Å². The minimum absolute atomic E-state index is 0.122. The normalized spacial score (nSPS) is 29.3. The van der Waals surface area contributed by atoms with E-state index in [2.05, 4.69) is 24.2 Å². The summed E-state index contributed by atoms with van der Waals surface area (Å²) in [7, 11) is 3.62. The molecule has 0 radical (unpaired) electrons. The number of ether oxygens (including phenoxy) is 1.